The van der Waals surface area contributed by atoms with Crippen molar-refractivity contribution >= 4 is 61.0 Å². The summed E-state index contributed by atoms with van der Waals surface area (Å²) in [6, 6.07) is 13.7. The molecule has 0 aliphatic rings. The third-order valence-corrected chi connectivity index (χ3v) is 4.03. The summed E-state index contributed by atoms with van der Waals surface area (Å²) in [5.41, 5.74) is 0. The van der Waals surface area contributed by atoms with Crippen molar-refractivity contribution in [1.82, 2.24) is 0 Å². The fraction of sp³-hybridized carbons (Fsp3) is 0.143. The molecule has 12 heteroatoms. The number of hydrogen-bond acceptors (Lipinski definition) is 6. The molecule has 0 atom stereocenters. The van der Waals surface area contributed by atoms with Crippen LogP contribution in [0.15, 0.2) is 53.4 Å². The van der Waals surface area contributed by atoms with Gasteiger partial charge in [-0.1, -0.05) is 29.8 Å². The van der Waals surface area contributed by atoms with Crippen LogP contribution in [0.5, 0.6) is 11.5 Å². The van der Waals surface area contributed by atoms with Crippen molar-refractivity contribution in [2.75, 3.05) is 14.2 Å². The second kappa shape index (κ2) is 11.7. The first kappa shape index (κ1) is 25.1. The molecule has 6 nitrogen and oxygen atoms in total. The second-order valence-electron chi connectivity index (χ2n) is 4.13. The molecule has 146 valence electrons. The smallest absolute Gasteiger partial charge is 0.317 e. The van der Waals surface area contributed by atoms with Gasteiger partial charge in [-0.3, -0.25) is 0 Å². The van der Waals surface area contributed by atoms with Gasteiger partial charge in [-0.15, -0.1) is 0 Å². The largest absolute Gasteiger partial charge is 0.497 e. The van der Waals surface area contributed by atoms with Crippen molar-refractivity contribution in [3.05, 3.63) is 53.6 Å². The summed E-state index contributed by atoms with van der Waals surface area (Å²) < 4.78 is 49.8. The first-order valence-electron chi connectivity index (χ1n) is 6.40. The zero-order valence-electron chi connectivity index (χ0n) is 13.4. The van der Waals surface area contributed by atoms with Crippen molar-refractivity contribution in [3.8, 4) is 11.5 Å². The molecule has 0 fully saturated rings. The van der Waals surface area contributed by atoms with E-state index in [1.54, 1.807) is 7.11 Å². The summed E-state index contributed by atoms with van der Waals surface area (Å²) in [4.78, 5) is -0.0417. The van der Waals surface area contributed by atoms with Crippen LogP contribution in [-0.2, 0) is 17.3 Å². The van der Waals surface area contributed by atoms with Crippen LogP contribution in [0.3, 0.4) is 0 Å². The topological polar surface area (TPSA) is 86.7 Å². The molecule has 0 amide bonds. The molecule has 0 heterocycles. The van der Waals surface area contributed by atoms with Crippen molar-refractivity contribution in [2.45, 2.75) is 4.90 Å². The zero-order valence-corrected chi connectivity index (χ0v) is 18.1. The molecule has 0 bridgehead atoms. The van der Waals surface area contributed by atoms with Crippen LogP contribution in [0.25, 0.3) is 0 Å². The molecule has 26 heavy (non-hydrogen) atoms. The maximum Gasteiger partial charge on any atom is 0.317 e. The summed E-state index contributed by atoms with van der Waals surface area (Å²) in [7, 11) is 9.30. The standard InChI is InChI=1S/C7H6Cl2O3S.C7H8O.Cl2O2S/c1-12-7-3-2-5(4-6(7)8)13(9,10)11;1-8-7-5-3-2-4-6-7;1-5(2,3)4/h2-4H,1H3;2-6H,1H3;. The maximum absolute atomic E-state index is 10.9. The quantitative estimate of drug-likeness (QED) is 0.589. The van der Waals surface area contributed by atoms with Crippen LogP contribution in [0.1, 0.15) is 0 Å². The Kier molecular flexibility index (Phi) is 11.3. The second-order valence-corrected chi connectivity index (χ2v) is 10.8. The lowest BCUT2D eigenvalue weighted by molar-refractivity contribution is 0.414. The molecular weight excluding hydrogens is 470 g/mol. The number of benzene rings is 2. The Hall–Kier alpha value is -0.900. The average Bonchev–Trinajstić information content (AvgIpc) is 2.54. The number of ether oxygens (including phenoxy) is 2. The van der Waals surface area contributed by atoms with E-state index in [2.05, 4.69) is 21.4 Å². The first-order chi connectivity index (χ1) is 11.9. The SMILES string of the molecule is COc1ccc(S(=O)(=O)Cl)cc1Cl.COc1ccccc1.O=S(=O)(Cl)Cl. The molecule has 0 aromatic heterocycles. The van der Waals surface area contributed by atoms with E-state index in [0.717, 1.165) is 5.75 Å². The minimum atomic E-state index is -3.72. The highest BCUT2D eigenvalue weighted by Crippen LogP contribution is 2.28. The Morgan fingerprint density at radius 2 is 1.31 bits per heavy atom. The van der Waals surface area contributed by atoms with E-state index in [-0.39, 0.29) is 9.92 Å². The van der Waals surface area contributed by atoms with Gasteiger partial charge in [0.2, 0.25) is 0 Å². The van der Waals surface area contributed by atoms with Crippen molar-refractivity contribution in [2.24, 2.45) is 0 Å². The maximum atomic E-state index is 10.9. The van der Waals surface area contributed by atoms with Gasteiger partial charge in [0.1, 0.15) is 11.5 Å². The number of hydrogen-bond donors (Lipinski definition) is 0. The number of para-hydroxylation sites is 1. The van der Waals surface area contributed by atoms with Gasteiger partial charge >= 0.3 is 8.26 Å². The molecule has 0 spiro atoms. The fourth-order valence-corrected chi connectivity index (χ4v) is 2.45. The van der Waals surface area contributed by atoms with E-state index in [9.17, 15) is 8.42 Å². The monoisotopic (exact) mass is 482 g/mol. The van der Waals surface area contributed by atoms with Gasteiger partial charge in [0.15, 0.2) is 0 Å². The third-order valence-electron chi connectivity index (χ3n) is 2.38. The molecule has 2 rings (SSSR count). The predicted octanol–water partition coefficient (Wildman–Crippen LogP) is 4.68. The van der Waals surface area contributed by atoms with Crippen molar-refractivity contribution < 1.29 is 26.3 Å². The third kappa shape index (κ3) is 12.5. The van der Waals surface area contributed by atoms with E-state index in [4.69, 9.17) is 40.2 Å². The van der Waals surface area contributed by atoms with Gasteiger partial charge < -0.3 is 9.47 Å². The van der Waals surface area contributed by atoms with Gasteiger partial charge in [-0.25, -0.2) is 8.42 Å². The molecule has 0 unspecified atom stereocenters. The van der Waals surface area contributed by atoms with Crippen LogP contribution >= 0.6 is 43.6 Å². The number of methoxy groups -OCH3 is 2. The zero-order chi connectivity index (χ0) is 20.4. The van der Waals surface area contributed by atoms with Crippen LogP contribution < -0.4 is 9.47 Å². The van der Waals surface area contributed by atoms with Gasteiger partial charge in [-0.05, 0) is 30.3 Å². The van der Waals surface area contributed by atoms with E-state index in [1.807, 2.05) is 30.3 Å². The Bertz CT molecular complexity index is 879. The molecule has 2 aromatic rings. The fourth-order valence-electron chi connectivity index (χ4n) is 1.36. The molecule has 0 N–H and O–H groups in total. The Balaban J connectivity index is 0.000000409. The molecular formula is C14H14Cl4O6S2. The highest BCUT2D eigenvalue weighted by Gasteiger charge is 2.12. The van der Waals surface area contributed by atoms with Crippen LogP contribution in [-0.4, -0.2) is 31.1 Å². The van der Waals surface area contributed by atoms with Crippen molar-refractivity contribution in [3.63, 3.8) is 0 Å². The van der Waals surface area contributed by atoms with Crippen LogP contribution in [0.4, 0.5) is 0 Å². The molecule has 2 aromatic carbocycles. The molecule has 0 saturated carbocycles. The Morgan fingerprint density at radius 1 is 0.808 bits per heavy atom. The normalized spacial score (nSPS) is 10.5. The highest BCUT2D eigenvalue weighted by molar-refractivity contribution is 8.31. The lowest BCUT2D eigenvalue weighted by atomic mass is 10.3. The number of rotatable bonds is 3. The van der Waals surface area contributed by atoms with Crippen molar-refractivity contribution in [1.29, 1.82) is 0 Å². The van der Waals surface area contributed by atoms with E-state index >= 15 is 0 Å². The van der Waals surface area contributed by atoms with Gasteiger partial charge in [-0.2, -0.15) is 8.42 Å². The lowest BCUT2D eigenvalue weighted by Gasteiger charge is -2.03. The van der Waals surface area contributed by atoms with Gasteiger partial charge in [0, 0.05) is 32.0 Å². The van der Waals surface area contributed by atoms with E-state index < -0.39 is 17.3 Å². The van der Waals surface area contributed by atoms with E-state index in [1.165, 1.54) is 25.3 Å². The summed E-state index contributed by atoms with van der Waals surface area (Å²) in [6.45, 7) is 0. The molecule has 0 aliphatic carbocycles. The average molecular weight is 484 g/mol. The highest BCUT2D eigenvalue weighted by atomic mass is 36.0. The Labute approximate surface area is 170 Å². The van der Waals surface area contributed by atoms with Gasteiger partial charge in [0.25, 0.3) is 9.05 Å². The minimum Gasteiger partial charge on any atom is -0.497 e. The summed E-state index contributed by atoms with van der Waals surface area (Å²) in [5, 5.41) is 0.212. The number of halogens is 4. The van der Waals surface area contributed by atoms with Crippen LogP contribution in [0, 0.1) is 0 Å². The predicted molar refractivity (Wildman–Crippen MR) is 105 cm³/mol. The summed E-state index contributed by atoms with van der Waals surface area (Å²) >= 11 is 5.69. The minimum absolute atomic E-state index is 0.0417. The van der Waals surface area contributed by atoms with Gasteiger partial charge in [0.05, 0.1) is 24.1 Å². The lowest BCUT2D eigenvalue weighted by Crippen LogP contribution is -1.91. The van der Waals surface area contributed by atoms with Crippen LogP contribution in [0.2, 0.25) is 5.02 Å². The molecule has 0 radical (unpaired) electrons. The molecule has 0 saturated heterocycles. The van der Waals surface area contributed by atoms with E-state index in [0.29, 0.717) is 5.75 Å². The summed E-state index contributed by atoms with van der Waals surface area (Å²) in [6.07, 6.45) is 0. The summed E-state index contributed by atoms with van der Waals surface area (Å²) in [5.74, 6) is 1.32. The molecule has 0 aliphatic heterocycles. The Morgan fingerprint density at radius 3 is 1.62 bits per heavy atom. The first-order valence-corrected chi connectivity index (χ1v) is 12.2.